The Morgan fingerprint density at radius 1 is 1.24 bits per heavy atom. The number of rotatable bonds is 3. The number of hydrogen-bond donors (Lipinski definition) is 3. The normalized spacial score (nSPS) is 15.8. The number of phenols is 1. The van der Waals surface area contributed by atoms with Crippen molar-refractivity contribution in [3.8, 4) is 5.75 Å². The molecule has 3 N–H and O–H groups in total. The first kappa shape index (κ1) is 11.8. The van der Waals surface area contributed by atoms with Gasteiger partial charge >= 0.3 is 6.03 Å². The Hall–Kier alpha value is -1.71. The van der Waals surface area contributed by atoms with Crippen molar-refractivity contribution in [2.45, 2.75) is 38.3 Å². The summed E-state index contributed by atoms with van der Waals surface area (Å²) < 4.78 is 0. The monoisotopic (exact) mass is 234 g/mol. The average Bonchev–Trinajstić information content (AvgIpc) is 2.81. The van der Waals surface area contributed by atoms with Crippen LogP contribution in [-0.4, -0.2) is 17.2 Å². The molecule has 4 nitrogen and oxygen atoms in total. The number of phenolic OH excluding ortho intramolecular Hbond substituents is 1. The lowest BCUT2D eigenvalue weighted by atomic mass is 10.2. The van der Waals surface area contributed by atoms with Crippen molar-refractivity contribution in [2.24, 2.45) is 0 Å². The highest BCUT2D eigenvalue weighted by molar-refractivity contribution is 5.74. The molecule has 1 aromatic carbocycles. The zero-order valence-corrected chi connectivity index (χ0v) is 9.78. The van der Waals surface area contributed by atoms with E-state index in [4.69, 9.17) is 5.11 Å². The SMILES string of the molecule is O=C(NCc1ccc(O)cc1)NC1CCCC1. The molecular weight excluding hydrogens is 216 g/mol. The fourth-order valence-electron chi connectivity index (χ4n) is 2.10. The van der Waals surface area contributed by atoms with Gasteiger partial charge in [-0.15, -0.1) is 0 Å². The molecule has 0 spiro atoms. The van der Waals surface area contributed by atoms with Crippen LogP contribution < -0.4 is 10.6 Å². The fraction of sp³-hybridized carbons (Fsp3) is 0.462. The standard InChI is InChI=1S/C13H18N2O2/c16-12-7-5-10(6-8-12)9-14-13(17)15-11-3-1-2-4-11/h5-8,11,16H,1-4,9H2,(H2,14,15,17). The largest absolute Gasteiger partial charge is 0.508 e. The molecular formula is C13H18N2O2. The third-order valence-corrected chi connectivity index (χ3v) is 3.08. The predicted octanol–water partition coefficient (Wildman–Crippen LogP) is 2.13. The van der Waals surface area contributed by atoms with Crippen LogP contribution in [0.25, 0.3) is 0 Å². The van der Waals surface area contributed by atoms with Crippen LogP contribution in [0.4, 0.5) is 4.79 Å². The molecule has 0 saturated heterocycles. The van der Waals surface area contributed by atoms with Gasteiger partial charge in [0, 0.05) is 12.6 Å². The van der Waals surface area contributed by atoms with Gasteiger partial charge in [-0.2, -0.15) is 0 Å². The van der Waals surface area contributed by atoms with Crippen LogP contribution in [0.1, 0.15) is 31.2 Å². The molecule has 92 valence electrons. The maximum atomic E-state index is 11.6. The highest BCUT2D eigenvalue weighted by atomic mass is 16.3. The summed E-state index contributed by atoms with van der Waals surface area (Å²) in [6.07, 6.45) is 4.60. The molecule has 0 aliphatic heterocycles. The fourth-order valence-corrected chi connectivity index (χ4v) is 2.10. The molecule has 0 heterocycles. The summed E-state index contributed by atoms with van der Waals surface area (Å²) in [4.78, 5) is 11.6. The number of amides is 2. The lowest BCUT2D eigenvalue weighted by molar-refractivity contribution is 0.236. The minimum atomic E-state index is -0.107. The van der Waals surface area contributed by atoms with Crippen LogP contribution >= 0.6 is 0 Å². The Kier molecular flexibility index (Phi) is 3.85. The van der Waals surface area contributed by atoms with Crippen molar-refractivity contribution in [3.05, 3.63) is 29.8 Å². The van der Waals surface area contributed by atoms with Gasteiger partial charge in [-0.25, -0.2) is 4.79 Å². The smallest absolute Gasteiger partial charge is 0.315 e. The number of carbonyl (C=O) groups excluding carboxylic acids is 1. The summed E-state index contributed by atoms with van der Waals surface area (Å²) in [7, 11) is 0. The molecule has 1 fully saturated rings. The summed E-state index contributed by atoms with van der Waals surface area (Å²) in [5.41, 5.74) is 0.976. The van der Waals surface area contributed by atoms with E-state index in [9.17, 15) is 4.79 Å². The van der Waals surface area contributed by atoms with E-state index in [1.54, 1.807) is 24.3 Å². The number of benzene rings is 1. The van der Waals surface area contributed by atoms with E-state index in [-0.39, 0.29) is 11.8 Å². The molecule has 0 radical (unpaired) electrons. The lowest BCUT2D eigenvalue weighted by Gasteiger charge is -2.12. The average molecular weight is 234 g/mol. The van der Waals surface area contributed by atoms with Crippen LogP contribution in [0, 0.1) is 0 Å². The Morgan fingerprint density at radius 3 is 2.53 bits per heavy atom. The van der Waals surface area contributed by atoms with Crippen molar-refractivity contribution < 1.29 is 9.90 Å². The van der Waals surface area contributed by atoms with E-state index in [1.807, 2.05) is 0 Å². The maximum Gasteiger partial charge on any atom is 0.315 e. The first-order valence-electron chi connectivity index (χ1n) is 6.06. The molecule has 4 heteroatoms. The minimum Gasteiger partial charge on any atom is -0.508 e. The topological polar surface area (TPSA) is 61.4 Å². The van der Waals surface area contributed by atoms with E-state index < -0.39 is 0 Å². The molecule has 2 amide bonds. The summed E-state index contributed by atoms with van der Waals surface area (Å²) >= 11 is 0. The molecule has 0 unspecified atom stereocenters. The molecule has 17 heavy (non-hydrogen) atoms. The summed E-state index contributed by atoms with van der Waals surface area (Å²) in [5, 5.41) is 14.9. The third-order valence-electron chi connectivity index (χ3n) is 3.08. The van der Waals surface area contributed by atoms with E-state index in [0.29, 0.717) is 12.6 Å². The Bertz CT molecular complexity index is 370. The highest BCUT2D eigenvalue weighted by Crippen LogP contribution is 2.17. The molecule has 2 rings (SSSR count). The van der Waals surface area contributed by atoms with Gasteiger partial charge in [0.25, 0.3) is 0 Å². The molecule has 0 atom stereocenters. The van der Waals surface area contributed by atoms with Crippen LogP contribution in [0.2, 0.25) is 0 Å². The summed E-state index contributed by atoms with van der Waals surface area (Å²) in [6.45, 7) is 0.485. The van der Waals surface area contributed by atoms with Crippen molar-refractivity contribution >= 4 is 6.03 Å². The molecule has 0 aromatic heterocycles. The number of aromatic hydroxyl groups is 1. The molecule has 1 aliphatic rings. The van der Waals surface area contributed by atoms with Gasteiger partial charge in [0.15, 0.2) is 0 Å². The second-order valence-corrected chi connectivity index (χ2v) is 4.47. The van der Waals surface area contributed by atoms with E-state index >= 15 is 0 Å². The Labute approximate surface area is 101 Å². The Balaban J connectivity index is 1.73. The number of nitrogens with one attached hydrogen (secondary N) is 2. The Morgan fingerprint density at radius 2 is 1.88 bits per heavy atom. The molecule has 1 saturated carbocycles. The predicted molar refractivity (Wildman–Crippen MR) is 65.7 cm³/mol. The number of urea groups is 1. The highest BCUT2D eigenvalue weighted by Gasteiger charge is 2.16. The van der Waals surface area contributed by atoms with Gasteiger partial charge in [-0.3, -0.25) is 0 Å². The third kappa shape index (κ3) is 3.66. The van der Waals surface area contributed by atoms with Crippen molar-refractivity contribution in [2.75, 3.05) is 0 Å². The van der Waals surface area contributed by atoms with Crippen molar-refractivity contribution in [1.82, 2.24) is 10.6 Å². The molecule has 1 aliphatic carbocycles. The van der Waals surface area contributed by atoms with Crippen molar-refractivity contribution in [3.63, 3.8) is 0 Å². The van der Waals surface area contributed by atoms with Gasteiger partial charge in [0.1, 0.15) is 5.75 Å². The van der Waals surface area contributed by atoms with Crippen LogP contribution in [-0.2, 0) is 6.54 Å². The van der Waals surface area contributed by atoms with Crippen LogP contribution in [0.3, 0.4) is 0 Å². The summed E-state index contributed by atoms with van der Waals surface area (Å²) in [5.74, 6) is 0.240. The van der Waals surface area contributed by atoms with E-state index in [0.717, 1.165) is 18.4 Å². The quantitative estimate of drug-likeness (QED) is 0.750. The van der Waals surface area contributed by atoms with E-state index in [2.05, 4.69) is 10.6 Å². The lowest BCUT2D eigenvalue weighted by Crippen LogP contribution is -2.40. The van der Waals surface area contributed by atoms with Gasteiger partial charge in [0.2, 0.25) is 0 Å². The van der Waals surface area contributed by atoms with Gasteiger partial charge in [0.05, 0.1) is 0 Å². The maximum absolute atomic E-state index is 11.6. The van der Waals surface area contributed by atoms with Crippen LogP contribution in [0.5, 0.6) is 5.75 Å². The summed E-state index contributed by atoms with van der Waals surface area (Å²) in [6, 6.07) is 7.06. The molecule has 1 aromatic rings. The first-order chi connectivity index (χ1) is 8.24. The van der Waals surface area contributed by atoms with Gasteiger partial charge in [-0.1, -0.05) is 25.0 Å². The van der Waals surface area contributed by atoms with Gasteiger partial charge in [-0.05, 0) is 30.5 Å². The minimum absolute atomic E-state index is 0.107. The molecule has 0 bridgehead atoms. The number of hydrogen-bond acceptors (Lipinski definition) is 2. The van der Waals surface area contributed by atoms with E-state index in [1.165, 1.54) is 12.8 Å². The second kappa shape index (κ2) is 5.57. The van der Waals surface area contributed by atoms with Crippen molar-refractivity contribution in [1.29, 1.82) is 0 Å². The van der Waals surface area contributed by atoms with Crippen LogP contribution in [0.15, 0.2) is 24.3 Å². The second-order valence-electron chi connectivity index (χ2n) is 4.47. The zero-order chi connectivity index (χ0) is 12.1. The van der Waals surface area contributed by atoms with Gasteiger partial charge < -0.3 is 15.7 Å². The zero-order valence-electron chi connectivity index (χ0n) is 9.78. The first-order valence-corrected chi connectivity index (χ1v) is 6.06. The number of carbonyl (C=O) groups is 1.